The first-order valence-electron chi connectivity index (χ1n) is 4.81. The Bertz CT molecular complexity index is 224. The topological polar surface area (TPSA) is 41.6 Å². The van der Waals surface area contributed by atoms with Crippen molar-refractivity contribution in [2.24, 2.45) is 0 Å². The van der Waals surface area contributed by atoms with E-state index in [1.54, 1.807) is 0 Å². The van der Waals surface area contributed by atoms with Gasteiger partial charge < -0.3 is 15.0 Å². The van der Waals surface area contributed by atoms with Crippen LogP contribution in [0.1, 0.15) is 13.8 Å². The molecule has 4 nitrogen and oxygen atoms in total. The Kier molecular flexibility index (Phi) is 2.04. The average molecular weight is 184 g/mol. The zero-order chi connectivity index (χ0) is 9.47. The van der Waals surface area contributed by atoms with E-state index in [9.17, 15) is 4.79 Å². The smallest absolute Gasteiger partial charge is 0.257 e. The van der Waals surface area contributed by atoms with Gasteiger partial charge in [-0.15, -0.1) is 0 Å². The van der Waals surface area contributed by atoms with Gasteiger partial charge >= 0.3 is 0 Å². The van der Waals surface area contributed by atoms with Gasteiger partial charge in [0.25, 0.3) is 5.91 Å². The lowest BCUT2D eigenvalue weighted by atomic mass is 9.93. The molecule has 0 aromatic rings. The fourth-order valence-electron chi connectivity index (χ4n) is 1.86. The quantitative estimate of drug-likeness (QED) is 0.602. The second-order valence-corrected chi connectivity index (χ2v) is 4.04. The summed E-state index contributed by atoms with van der Waals surface area (Å²) in [6.45, 7) is 6.85. The Balaban J connectivity index is 2.12. The molecule has 2 rings (SSSR count). The van der Waals surface area contributed by atoms with Gasteiger partial charge in [-0.05, 0) is 13.8 Å². The largest absolute Gasteiger partial charge is 0.361 e. The summed E-state index contributed by atoms with van der Waals surface area (Å²) >= 11 is 0. The van der Waals surface area contributed by atoms with Gasteiger partial charge in [-0.25, -0.2) is 0 Å². The van der Waals surface area contributed by atoms with Crippen LogP contribution in [0.5, 0.6) is 0 Å². The zero-order valence-corrected chi connectivity index (χ0v) is 8.17. The van der Waals surface area contributed by atoms with E-state index in [-0.39, 0.29) is 11.9 Å². The Morgan fingerprint density at radius 2 is 2.23 bits per heavy atom. The van der Waals surface area contributed by atoms with Crippen LogP contribution in [0.25, 0.3) is 0 Å². The molecule has 2 heterocycles. The third-order valence-corrected chi connectivity index (χ3v) is 2.81. The van der Waals surface area contributed by atoms with E-state index in [2.05, 4.69) is 5.32 Å². The monoisotopic (exact) mass is 184 g/mol. The van der Waals surface area contributed by atoms with Crippen molar-refractivity contribution in [2.45, 2.75) is 25.5 Å². The van der Waals surface area contributed by atoms with Gasteiger partial charge in [0.1, 0.15) is 0 Å². The molecule has 74 valence electrons. The summed E-state index contributed by atoms with van der Waals surface area (Å²) in [5, 5.41) is 3.09. The van der Waals surface area contributed by atoms with Crippen LogP contribution >= 0.6 is 0 Å². The van der Waals surface area contributed by atoms with Crippen LogP contribution in [-0.4, -0.2) is 48.7 Å². The van der Waals surface area contributed by atoms with E-state index >= 15 is 0 Å². The van der Waals surface area contributed by atoms with E-state index in [4.69, 9.17) is 4.74 Å². The maximum Gasteiger partial charge on any atom is 0.257 e. The number of morpholine rings is 1. The van der Waals surface area contributed by atoms with Crippen molar-refractivity contribution in [3.8, 4) is 0 Å². The summed E-state index contributed by atoms with van der Waals surface area (Å²) in [7, 11) is 0. The lowest BCUT2D eigenvalue weighted by molar-refractivity contribution is -0.182. The predicted octanol–water partition coefficient (Wildman–Crippen LogP) is -0.404. The van der Waals surface area contributed by atoms with Crippen molar-refractivity contribution in [3.63, 3.8) is 0 Å². The Labute approximate surface area is 78.2 Å². The van der Waals surface area contributed by atoms with Gasteiger partial charge in [-0.1, -0.05) is 0 Å². The number of carbonyl (C=O) groups is 1. The molecule has 1 spiro atoms. The third kappa shape index (κ3) is 1.25. The molecular weight excluding hydrogens is 168 g/mol. The van der Waals surface area contributed by atoms with Crippen LogP contribution < -0.4 is 5.32 Å². The first-order valence-corrected chi connectivity index (χ1v) is 4.81. The minimum Gasteiger partial charge on any atom is -0.361 e. The summed E-state index contributed by atoms with van der Waals surface area (Å²) in [5.41, 5.74) is -0.511. The Morgan fingerprint density at radius 1 is 1.54 bits per heavy atom. The molecule has 0 aromatic heterocycles. The van der Waals surface area contributed by atoms with Gasteiger partial charge in [0.2, 0.25) is 0 Å². The molecule has 0 aromatic carbocycles. The molecule has 0 unspecified atom stereocenters. The van der Waals surface area contributed by atoms with Gasteiger partial charge in [0.15, 0.2) is 5.60 Å². The molecule has 2 aliphatic rings. The normalized spacial score (nSPS) is 26.7. The maximum atomic E-state index is 11.9. The summed E-state index contributed by atoms with van der Waals surface area (Å²) in [6, 6.07) is 0.286. The summed E-state index contributed by atoms with van der Waals surface area (Å²) in [6.07, 6.45) is 0. The predicted molar refractivity (Wildman–Crippen MR) is 48.4 cm³/mol. The first-order chi connectivity index (χ1) is 6.16. The average Bonchev–Trinajstić information content (AvgIpc) is 2.01. The van der Waals surface area contributed by atoms with Crippen molar-refractivity contribution in [2.75, 3.05) is 26.2 Å². The molecule has 1 amide bonds. The highest BCUT2D eigenvalue weighted by atomic mass is 16.5. The molecule has 13 heavy (non-hydrogen) atoms. The van der Waals surface area contributed by atoms with E-state index < -0.39 is 5.60 Å². The maximum absolute atomic E-state index is 11.9. The van der Waals surface area contributed by atoms with Gasteiger partial charge in [-0.3, -0.25) is 4.79 Å². The van der Waals surface area contributed by atoms with Crippen molar-refractivity contribution < 1.29 is 9.53 Å². The van der Waals surface area contributed by atoms with Crippen LogP contribution in [0.15, 0.2) is 0 Å². The van der Waals surface area contributed by atoms with Crippen molar-refractivity contribution in [1.82, 2.24) is 10.2 Å². The van der Waals surface area contributed by atoms with Crippen molar-refractivity contribution in [3.05, 3.63) is 0 Å². The standard InChI is InChI=1S/C9H16N2O2/c1-7(2)11-3-4-13-9(8(11)12)5-10-6-9/h7,10H,3-6H2,1-2H3. The molecule has 0 bridgehead atoms. The van der Waals surface area contributed by atoms with Gasteiger partial charge in [0, 0.05) is 25.7 Å². The van der Waals surface area contributed by atoms with Crippen molar-refractivity contribution in [1.29, 1.82) is 0 Å². The summed E-state index contributed by atoms with van der Waals surface area (Å²) in [5.74, 6) is 0.160. The number of carbonyl (C=O) groups excluding carboxylic acids is 1. The van der Waals surface area contributed by atoms with Crippen molar-refractivity contribution >= 4 is 5.91 Å². The highest BCUT2D eigenvalue weighted by Crippen LogP contribution is 2.24. The number of rotatable bonds is 1. The number of amides is 1. The number of nitrogens with one attached hydrogen (secondary N) is 1. The first kappa shape index (κ1) is 8.97. The van der Waals surface area contributed by atoms with E-state index in [0.29, 0.717) is 19.7 Å². The van der Waals surface area contributed by atoms with E-state index in [0.717, 1.165) is 6.54 Å². The highest BCUT2D eigenvalue weighted by molar-refractivity contribution is 5.87. The summed E-state index contributed by atoms with van der Waals surface area (Å²) < 4.78 is 5.54. The van der Waals surface area contributed by atoms with Gasteiger partial charge in [0.05, 0.1) is 6.61 Å². The van der Waals surface area contributed by atoms with E-state index in [1.165, 1.54) is 0 Å². The molecule has 2 aliphatic heterocycles. The molecule has 0 saturated carbocycles. The second kappa shape index (κ2) is 2.96. The lowest BCUT2D eigenvalue weighted by Crippen LogP contribution is -2.72. The number of hydrogen-bond donors (Lipinski definition) is 1. The molecule has 0 aliphatic carbocycles. The molecule has 2 saturated heterocycles. The van der Waals surface area contributed by atoms with E-state index in [1.807, 2.05) is 18.7 Å². The highest BCUT2D eigenvalue weighted by Gasteiger charge is 2.50. The minimum absolute atomic E-state index is 0.160. The lowest BCUT2D eigenvalue weighted by Gasteiger charge is -2.48. The molecule has 4 heteroatoms. The Morgan fingerprint density at radius 3 is 2.69 bits per heavy atom. The number of ether oxygens (including phenoxy) is 1. The third-order valence-electron chi connectivity index (χ3n) is 2.81. The molecule has 2 fully saturated rings. The number of hydrogen-bond acceptors (Lipinski definition) is 3. The fourth-order valence-corrected chi connectivity index (χ4v) is 1.86. The van der Waals surface area contributed by atoms with Crippen LogP contribution in [0, 0.1) is 0 Å². The fraction of sp³-hybridized carbons (Fsp3) is 0.889. The van der Waals surface area contributed by atoms with Crippen LogP contribution in [0.4, 0.5) is 0 Å². The number of nitrogens with zero attached hydrogens (tertiary/aromatic N) is 1. The Hall–Kier alpha value is -0.610. The molecular formula is C9H16N2O2. The summed E-state index contributed by atoms with van der Waals surface area (Å²) in [4.78, 5) is 13.8. The van der Waals surface area contributed by atoms with Crippen LogP contribution in [-0.2, 0) is 9.53 Å². The van der Waals surface area contributed by atoms with Crippen LogP contribution in [0.3, 0.4) is 0 Å². The molecule has 0 atom stereocenters. The minimum atomic E-state index is -0.511. The molecule has 1 N–H and O–H groups in total. The zero-order valence-electron chi connectivity index (χ0n) is 8.17. The SMILES string of the molecule is CC(C)N1CCOC2(CNC2)C1=O. The van der Waals surface area contributed by atoms with Crippen LogP contribution in [0.2, 0.25) is 0 Å². The molecule has 0 radical (unpaired) electrons. The van der Waals surface area contributed by atoms with Gasteiger partial charge in [-0.2, -0.15) is 0 Å². The second-order valence-electron chi connectivity index (χ2n) is 4.04.